The maximum atomic E-state index is 4.16. The Labute approximate surface area is 72.0 Å². The first-order chi connectivity index (χ1) is 5.95. The van der Waals surface area contributed by atoms with Crippen LogP contribution in [-0.2, 0) is 6.42 Å². The van der Waals surface area contributed by atoms with E-state index in [4.69, 9.17) is 0 Å². The standard InChI is InChI=1S/C10H12N2/c1-2-11-4-7-3-8-5-12-6-10(8)9(1)7/h1-2,4,8,10,12H,3,5-6H2/t8-,10+/m0/s1. The summed E-state index contributed by atoms with van der Waals surface area (Å²) in [7, 11) is 0. The minimum atomic E-state index is 0.781. The molecule has 12 heavy (non-hydrogen) atoms. The summed E-state index contributed by atoms with van der Waals surface area (Å²) < 4.78 is 0. The van der Waals surface area contributed by atoms with E-state index in [0.29, 0.717) is 0 Å². The third-order valence-corrected chi connectivity index (χ3v) is 3.16. The topological polar surface area (TPSA) is 24.9 Å². The molecule has 0 aromatic carbocycles. The molecule has 1 aliphatic carbocycles. The molecule has 1 aliphatic heterocycles. The normalized spacial score (nSPS) is 31.7. The molecule has 2 heteroatoms. The lowest BCUT2D eigenvalue weighted by molar-refractivity contribution is 0.564. The van der Waals surface area contributed by atoms with E-state index in [-0.39, 0.29) is 0 Å². The molecule has 2 nitrogen and oxygen atoms in total. The average Bonchev–Trinajstić information content (AvgIpc) is 2.62. The number of aromatic nitrogens is 1. The van der Waals surface area contributed by atoms with Crippen molar-refractivity contribution in [1.82, 2.24) is 10.3 Å². The molecule has 1 N–H and O–H groups in total. The summed E-state index contributed by atoms with van der Waals surface area (Å²) in [4.78, 5) is 4.16. The second kappa shape index (κ2) is 2.30. The zero-order chi connectivity index (χ0) is 7.97. The van der Waals surface area contributed by atoms with E-state index in [1.807, 2.05) is 12.4 Å². The van der Waals surface area contributed by atoms with Crippen molar-refractivity contribution in [3.05, 3.63) is 29.6 Å². The number of pyridine rings is 1. The fraction of sp³-hybridized carbons (Fsp3) is 0.500. The summed E-state index contributed by atoms with van der Waals surface area (Å²) in [5.41, 5.74) is 3.02. The Morgan fingerprint density at radius 1 is 1.42 bits per heavy atom. The highest BCUT2D eigenvalue weighted by molar-refractivity contribution is 5.35. The van der Waals surface area contributed by atoms with Crippen molar-refractivity contribution in [2.75, 3.05) is 13.1 Å². The van der Waals surface area contributed by atoms with E-state index >= 15 is 0 Å². The van der Waals surface area contributed by atoms with Crippen LogP contribution in [0.3, 0.4) is 0 Å². The van der Waals surface area contributed by atoms with Gasteiger partial charge in [0.05, 0.1) is 0 Å². The first-order valence-electron chi connectivity index (χ1n) is 4.58. The Morgan fingerprint density at radius 3 is 3.42 bits per heavy atom. The fourth-order valence-electron chi connectivity index (χ4n) is 2.56. The predicted molar refractivity (Wildman–Crippen MR) is 47.0 cm³/mol. The molecule has 2 atom stereocenters. The van der Waals surface area contributed by atoms with E-state index in [9.17, 15) is 0 Å². The molecule has 1 saturated heterocycles. The van der Waals surface area contributed by atoms with Crippen LogP contribution in [0.4, 0.5) is 0 Å². The summed E-state index contributed by atoms with van der Waals surface area (Å²) >= 11 is 0. The van der Waals surface area contributed by atoms with Gasteiger partial charge >= 0.3 is 0 Å². The van der Waals surface area contributed by atoms with E-state index < -0.39 is 0 Å². The Morgan fingerprint density at radius 2 is 2.42 bits per heavy atom. The number of nitrogens with one attached hydrogen (secondary N) is 1. The summed E-state index contributed by atoms with van der Waals surface area (Å²) in [6.07, 6.45) is 5.19. The molecule has 0 unspecified atom stereocenters. The molecule has 1 fully saturated rings. The number of hydrogen-bond acceptors (Lipinski definition) is 2. The average molecular weight is 160 g/mol. The van der Waals surface area contributed by atoms with Gasteiger partial charge in [-0.15, -0.1) is 0 Å². The van der Waals surface area contributed by atoms with Crippen molar-refractivity contribution >= 4 is 0 Å². The molecule has 0 bridgehead atoms. The largest absolute Gasteiger partial charge is 0.316 e. The van der Waals surface area contributed by atoms with Gasteiger partial charge < -0.3 is 5.32 Å². The second-order valence-corrected chi connectivity index (χ2v) is 3.80. The zero-order valence-electron chi connectivity index (χ0n) is 6.96. The van der Waals surface area contributed by atoms with Crippen molar-refractivity contribution in [2.24, 2.45) is 5.92 Å². The Balaban J connectivity index is 2.09. The lowest BCUT2D eigenvalue weighted by Crippen LogP contribution is -2.10. The lowest BCUT2D eigenvalue weighted by atomic mass is 9.97. The zero-order valence-corrected chi connectivity index (χ0v) is 6.96. The van der Waals surface area contributed by atoms with Crippen LogP contribution < -0.4 is 5.32 Å². The van der Waals surface area contributed by atoms with E-state index in [1.54, 1.807) is 5.56 Å². The van der Waals surface area contributed by atoms with Gasteiger partial charge in [0.1, 0.15) is 0 Å². The Kier molecular flexibility index (Phi) is 1.27. The minimum Gasteiger partial charge on any atom is -0.316 e. The Bertz CT molecular complexity index is 308. The van der Waals surface area contributed by atoms with Gasteiger partial charge in [0.15, 0.2) is 0 Å². The van der Waals surface area contributed by atoms with Crippen LogP contribution in [-0.4, -0.2) is 18.1 Å². The molecule has 0 radical (unpaired) electrons. The van der Waals surface area contributed by atoms with Crippen molar-refractivity contribution in [3.8, 4) is 0 Å². The molecule has 1 aromatic rings. The fourth-order valence-corrected chi connectivity index (χ4v) is 2.56. The van der Waals surface area contributed by atoms with Gasteiger partial charge in [-0.05, 0) is 36.1 Å². The maximum absolute atomic E-state index is 4.16. The highest BCUT2D eigenvalue weighted by Gasteiger charge is 2.35. The summed E-state index contributed by atoms with van der Waals surface area (Å²) in [6.45, 7) is 2.36. The van der Waals surface area contributed by atoms with Crippen LogP contribution in [0.5, 0.6) is 0 Å². The first kappa shape index (κ1) is 6.61. The monoisotopic (exact) mass is 160 g/mol. The molecular weight excluding hydrogens is 148 g/mol. The predicted octanol–water partition coefficient (Wildman–Crippen LogP) is 0.941. The molecule has 0 saturated carbocycles. The highest BCUT2D eigenvalue weighted by atomic mass is 14.9. The maximum Gasteiger partial charge on any atom is 0.0302 e. The molecule has 2 heterocycles. The van der Waals surface area contributed by atoms with Gasteiger partial charge in [-0.2, -0.15) is 0 Å². The molecule has 1 aromatic heterocycles. The summed E-state index contributed by atoms with van der Waals surface area (Å²) in [5, 5.41) is 3.44. The summed E-state index contributed by atoms with van der Waals surface area (Å²) in [6, 6.07) is 2.19. The molecular formula is C10H12N2. The second-order valence-electron chi connectivity index (χ2n) is 3.80. The van der Waals surface area contributed by atoms with Gasteiger partial charge in [0, 0.05) is 24.9 Å². The van der Waals surface area contributed by atoms with Gasteiger partial charge in [0.25, 0.3) is 0 Å². The third kappa shape index (κ3) is 0.758. The van der Waals surface area contributed by atoms with E-state index in [0.717, 1.165) is 11.8 Å². The van der Waals surface area contributed by atoms with Crippen LogP contribution in [0.2, 0.25) is 0 Å². The van der Waals surface area contributed by atoms with Gasteiger partial charge in [0.2, 0.25) is 0 Å². The molecule has 2 aliphatic rings. The molecule has 3 rings (SSSR count). The number of rotatable bonds is 0. The van der Waals surface area contributed by atoms with Crippen molar-refractivity contribution in [2.45, 2.75) is 12.3 Å². The van der Waals surface area contributed by atoms with Crippen LogP contribution in [0.15, 0.2) is 18.5 Å². The third-order valence-electron chi connectivity index (χ3n) is 3.16. The van der Waals surface area contributed by atoms with Gasteiger partial charge in [-0.25, -0.2) is 0 Å². The quantitative estimate of drug-likeness (QED) is 0.611. The number of hydrogen-bond donors (Lipinski definition) is 1. The smallest absolute Gasteiger partial charge is 0.0302 e. The SMILES string of the molecule is c1cc2c(cn1)C[C@H]1CNC[C@@H]21. The molecule has 62 valence electrons. The van der Waals surface area contributed by atoms with Crippen LogP contribution in [0, 0.1) is 5.92 Å². The number of nitrogens with zero attached hydrogens (tertiary/aromatic N) is 1. The molecule has 0 spiro atoms. The van der Waals surface area contributed by atoms with Crippen molar-refractivity contribution in [3.63, 3.8) is 0 Å². The van der Waals surface area contributed by atoms with Gasteiger partial charge in [-0.3, -0.25) is 4.98 Å². The summed E-state index contributed by atoms with van der Waals surface area (Å²) in [5.74, 6) is 1.63. The lowest BCUT2D eigenvalue weighted by Gasteiger charge is -2.06. The highest BCUT2D eigenvalue weighted by Crippen LogP contribution is 2.39. The Hall–Kier alpha value is -0.890. The van der Waals surface area contributed by atoms with Crippen LogP contribution in [0.1, 0.15) is 17.0 Å². The van der Waals surface area contributed by atoms with E-state index in [2.05, 4.69) is 16.4 Å². The number of fused-ring (bicyclic) bond motifs is 3. The van der Waals surface area contributed by atoms with Crippen molar-refractivity contribution < 1.29 is 0 Å². The van der Waals surface area contributed by atoms with Crippen LogP contribution >= 0.6 is 0 Å². The first-order valence-corrected chi connectivity index (χ1v) is 4.58. The minimum absolute atomic E-state index is 0.781. The van der Waals surface area contributed by atoms with Gasteiger partial charge in [-0.1, -0.05) is 0 Å². The van der Waals surface area contributed by atoms with Crippen molar-refractivity contribution in [1.29, 1.82) is 0 Å². The molecule has 0 amide bonds. The van der Waals surface area contributed by atoms with E-state index in [1.165, 1.54) is 25.1 Å². The van der Waals surface area contributed by atoms with Crippen LogP contribution in [0.25, 0.3) is 0 Å².